The maximum Gasteiger partial charge on any atom is 0.150 e. The Labute approximate surface area is 144 Å². The van der Waals surface area contributed by atoms with E-state index in [1.165, 1.54) is 0 Å². The third-order valence-corrected chi connectivity index (χ3v) is 4.37. The average molecular weight is 328 g/mol. The minimum absolute atomic E-state index is 0.384. The molecule has 2 aromatic carbocycles. The van der Waals surface area contributed by atoms with E-state index < -0.39 is 0 Å². The van der Waals surface area contributed by atoms with Gasteiger partial charge in [0, 0.05) is 46.9 Å². The molecular formula is C21H16N2O2. The van der Waals surface area contributed by atoms with Gasteiger partial charge >= 0.3 is 0 Å². The van der Waals surface area contributed by atoms with Crippen LogP contribution >= 0.6 is 0 Å². The minimum Gasteiger partial charge on any atom is -0.456 e. The molecule has 0 aromatic heterocycles. The van der Waals surface area contributed by atoms with E-state index in [0.29, 0.717) is 22.3 Å². The van der Waals surface area contributed by atoms with Crippen molar-refractivity contribution in [1.82, 2.24) is 0 Å². The SMILES string of the molecule is CNc1ccc2c(-c3ccccc3C=O)c3ccc(=N)cc-3oc2c1. The van der Waals surface area contributed by atoms with E-state index in [0.717, 1.165) is 34.1 Å². The Bertz CT molecular complexity index is 1130. The van der Waals surface area contributed by atoms with E-state index in [-0.39, 0.29) is 0 Å². The quantitative estimate of drug-likeness (QED) is 0.429. The number of carbonyl (C=O) groups excluding carboxylic acids is 1. The Morgan fingerprint density at radius 2 is 1.84 bits per heavy atom. The first-order valence-corrected chi connectivity index (χ1v) is 7.99. The lowest BCUT2D eigenvalue weighted by Gasteiger charge is -2.17. The molecule has 2 aromatic rings. The molecule has 0 fully saturated rings. The summed E-state index contributed by atoms with van der Waals surface area (Å²) in [5.74, 6) is 0.629. The highest BCUT2D eigenvalue weighted by molar-refractivity contribution is 6.05. The summed E-state index contributed by atoms with van der Waals surface area (Å²) in [5.41, 5.74) is 4.96. The van der Waals surface area contributed by atoms with E-state index >= 15 is 0 Å². The molecule has 122 valence electrons. The molecule has 25 heavy (non-hydrogen) atoms. The number of aldehydes is 1. The van der Waals surface area contributed by atoms with Gasteiger partial charge in [-0.25, -0.2) is 0 Å². The van der Waals surface area contributed by atoms with E-state index in [2.05, 4.69) is 5.32 Å². The van der Waals surface area contributed by atoms with Crippen molar-refractivity contribution in [3.05, 3.63) is 71.6 Å². The summed E-state index contributed by atoms with van der Waals surface area (Å²) in [5, 5.41) is 12.3. The molecule has 0 unspecified atom stereocenters. The van der Waals surface area contributed by atoms with E-state index in [9.17, 15) is 4.79 Å². The summed E-state index contributed by atoms with van der Waals surface area (Å²) in [4.78, 5) is 11.6. The first kappa shape index (κ1) is 15.1. The van der Waals surface area contributed by atoms with Crippen molar-refractivity contribution in [2.45, 2.75) is 0 Å². The molecule has 2 N–H and O–H groups in total. The van der Waals surface area contributed by atoms with Gasteiger partial charge in [-0.1, -0.05) is 24.3 Å². The van der Waals surface area contributed by atoms with Crippen molar-refractivity contribution in [2.24, 2.45) is 0 Å². The van der Waals surface area contributed by atoms with Crippen LogP contribution in [-0.2, 0) is 0 Å². The van der Waals surface area contributed by atoms with Crippen LogP contribution in [0.3, 0.4) is 0 Å². The molecule has 0 saturated heterocycles. The van der Waals surface area contributed by atoms with E-state index in [4.69, 9.17) is 9.83 Å². The molecule has 0 atom stereocenters. The number of rotatable bonds is 3. The fourth-order valence-corrected chi connectivity index (χ4v) is 3.16. The molecule has 2 aliphatic rings. The summed E-state index contributed by atoms with van der Waals surface area (Å²) < 4.78 is 6.06. The van der Waals surface area contributed by atoms with E-state index in [1.54, 1.807) is 12.1 Å². The van der Waals surface area contributed by atoms with Crippen LogP contribution in [0, 0.1) is 5.41 Å². The van der Waals surface area contributed by atoms with Crippen LogP contribution in [0.4, 0.5) is 5.69 Å². The lowest BCUT2D eigenvalue weighted by molar-refractivity contribution is 0.112. The van der Waals surface area contributed by atoms with Crippen LogP contribution in [0.15, 0.2) is 65.1 Å². The zero-order valence-electron chi connectivity index (χ0n) is 13.7. The number of hydrogen-bond donors (Lipinski definition) is 2. The molecule has 1 heterocycles. The monoisotopic (exact) mass is 328 g/mol. The molecular weight excluding hydrogens is 312 g/mol. The predicted octanol–water partition coefficient (Wildman–Crippen LogP) is 4.54. The van der Waals surface area contributed by atoms with Crippen molar-refractivity contribution >= 4 is 22.9 Å². The fourth-order valence-electron chi connectivity index (χ4n) is 3.16. The van der Waals surface area contributed by atoms with Gasteiger partial charge < -0.3 is 15.1 Å². The number of nitrogens with one attached hydrogen (secondary N) is 2. The summed E-state index contributed by atoms with van der Waals surface area (Å²) in [6.45, 7) is 0. The van der Waals surface area contributed by atoms with Gasteiger partial charge in [0.1, 0.15) is 11.3 Å². The van der Waals surface area contributed by atoms with Gasteiger partial charge in [0.2, 0.25) is 0 Å². The fraction of sp³-hybridized carbons (Fsp3) is 0.0476. The molecule has 4 heteroatoms. The number of benzene rings is 3. The lowest BCUT2D eigenvalue weighted by atomic mass is 9.91. The van der Waals surface area contributed by atoms with Gasteiger partial charge in [0.25, 0.3) is 0 Å². The van der Waals surface area contributed by atoms with Gasteiger partial charge in [0.05, 0.1) is 5.36 Å². The van der Waals surface area contributed by atoms with Crippen LogP contribution in [0.1, 0.15) is 10.4 Å². The molecule has 4 rings (SSSR count). The van der Waals surface area contributed by atoms with Crippen LogP contribution in [0.25, 0.3) is 33.4 Å². The summed E-state index contributed by atoms with van der Waals surface area (Å²) in [6, 6.07) is 18.8. The third-order valence-electron chi connectivity index (χ3n) is 4.37. The van der Waals surface area contributed by atoms with Gasteiger partial charge in [-0.2, -0.15) is 0 Å². The van der Waals surface area contributed by atoms with Crippen molar-refractivity contribution < 1.29 is 9.21 Å². The minimum atomic E-state index is 0.384. The number of fused-ring (bicyclic) bond motifs is 2. The Morgan fingerprint density at radius 1 is 1.00 bits per heavy atom. The maximum atomic E-state index is 11.6. The zero-order chi connectivity index (χ0) is 17.4. The Morgan fingerprint density at radius 3 is 2.64 bits per heavy atom. The molecule has 1 aliphatic carbocycles. The molecule has 4 nitrogen and oxygen atoms in total. The number of hydrogen-bond acceptors (Lipinski definition) is 4. The van der Waals surface area contributed by atoms with Crippen molar-refractivity contribution in [3.8, 4) is 22.5 Å². The van der Waals surface area contributed by atoms with Crippen LogP contribution < -0.4 is 10.7 Å². The van der Waals surface area contributed by atoms with Gasteiger partial charge in [-0.15, -0.1) is 0 Å². The zero-order valence-corrected chi connectivity index (χ0v) is 13.7. The van der Waals surface area contributed by atoms with Gasteiger partial charge in [-0.3, -0.25) is 4.79 Å². The second-order valence-corrected chi connectivity index (χ2v) is 5.85. The third kappa shape index (κ3) is 2.48. The topological polar surface area (TPSA) is 66.1 Å². The predicted molar refractivity (Wildman–Crippen MR) is 99.1 cm³/mol. The first-order chi connectivity index (χ1) is 12.2. The standard InChI is InChI=1S/C21H16N2O2/c1-23-15-7-9-18-20(11-15)25-19-10-14(22)6-8-17(19)21(18)16-5-3-2-4-13(16)12-24/h2-12,22-23H,1H3. The highest BCUT2D eigenvalue weighted by atomic mass is 16.3. The highest BCUT2D eigenvalue weighted by Gasteiger charge is 2.18. The number of anilines is 1. The largest absolute Gasteiger partial charge is 0.456 e. The van der Waals surface area contributed by atoms with Crippen LogP contribution in [0.5, 0.6) is 0 Å². The average Bonchev–Trinajstić information content (AvgIpc) is 2.65. The number of carbonyl (C=O) groups is 1. The first-order valence-electron chi connectivity index (χ1n) is 7.99. The van der Waals surface area contributed by atoms with Crippen molar-refractivity contribution in [3.63, 3.8) is 0 Å². The normalized spacial score (nSPS) is 10.9. The molecule has 0 radical (unpaired) electrons. The Balaban J connectivity index is 2.20. The summed E-state index contributed by atoms with van der Waals surface area (Å²) in [6.07, 6.45) is 0.873. The molecule has 0 amide bonds. The van der Waals surface area contributed by atoms with Crippen LogP contribution in [0.2, 0.25) is 0 Å². The summed E-state index contributed by atoms with van der Waals surface area (Å²) >= 11 is 0. The highest BCUT2D eigenvalue weighted by Crippen LogP contribution is 2.41. The van der Waals surface area contributed by atoms with E-state index in [1.807, 2.05) is 55.6 Å². The van der Waals surface area contributed by atoms with Crippen molar-refractivity contribution in [1.29, 1.82) is 5.41 Å². The summed E-state index contributed by atoms with van der Waals surface area (Å²) in [7, 11) is 1.85. The second kappa shape index (κ2) is 5.91. The van der Waals surface area contributed by atoms with Gasteiger partial charge in [-0.05, 0) is 29.8 Å². The Kier molecular flexibility index (Phi) is 3.58. The van der Waals surface area contributed by atoms with Crippen LogP contribution in [-0.4, -0.2) is 13.3 Å². The second-order valence-electron chi connectivity index (χ2n) is 5.85. The molecule has 0 saturated carbocycles. The molecule has 1 aliphatic heterocycles. The Hall–Kier alpha value is -3.40. The maximum absolute atomic E-state index is 11.6. The lowest BCUT2D eigenvalue weighted by Crippen LogP contribution is -2.01. The van der Waals surface area contributed by atoms with Crippen molar-refractivity contribution in [2.75, 3.05) is 12.4 Å². The van der Waals surface area contributed by atoms with Gasteiger partial charge in [0.15, 0.2) is 6.29 Å². The molecule has 0 spiro atoms. The molecule has 0 bridgehead atoms. The smallest absolute Gasteiger partial charge is 0.150 e.